The van der Waals surface area contributed by atoms with E-state index in [1.165, 1.54) is 6.20 Å². The molecule has 202 valence electrons. The van der Waals surface area contributed by atoms with Crippen molar-refractivity contribution in [3.05, 3.63) is 88.8 Å². The number of anilines is 1. The average Bonchev–Trinajstić information content (AvgIpc) is 2.89. The molecule has 1 fully saturated rings. The minimum atomic E-state index is -2.75. The summed E-state index contributed by atoms with van der Waals surface area (Å²) in [6, 6.07) is 11.9. The van der Waals surface area contributed by atoms with Crippen LogP contribution >= 0.6 is 27.5 Å². The standard InChI is InChI=1S/C30H34BrClF2N4/c1-3-35-15-14-30(33,34)13-12-21-16-23(31)8-11-27(21)38-29-7-5-4-6-28(29)37-20(2)26-19-36-18-22-17-24(32)9-10-25(22)26/h3,8-11,16-19,28-29,35,37-38H,1-2,4-7,12-15H2. The van der Waals surface area contributed by atoms with E-state index in [1.807, 2.05) is 42.6 Å². The molecule has 1 aliphatic rings. The number of hydrogen-bond donors (Lipinski definition) is 3. The monoisotopic (exact) mass is 602 g/mol. The van der Waals surface area contributed by atoms with Gasteiger partial charge in [-0.2, -0.15) is 0 Å². The van der Waals surface area contributed by atoms with Gasteiger partial charge in [0.2, 0.25) is 5.92 Å². The molecule has 3 N–H and O–H groups in total. The van der Waals surface area contributed by atoms with Gasteiger partial charge in [0.25, 0.3) is 0 Å². The Bertz CT molecular complexity index is 1280. The summed E-state index contributed by atoms with van der Waals surface area (Å²) in [5.41, 5.74) is 3.54. The molecule has 8 heteroatoms. The van der Waals surface area contributed by atoms with Gasteiger partial charge in [-0.25, -0.2) is 8.78 Å². The molecule has 0 spiro atoms. The van der Waals surface area contributed by atoms with E-state index >= 15 is 0 Å². The zero-order chi connectivity index (χ0) is 27.1. The number of nitrogens with one attached hydrogen (secondary N) is 3. The lowest BCUT2D eigenvalue weighted by Crippen LogP contribution is -2.45. The van der Waals surface area contributed by atoms with Crippen molar-refractivity contribution in [1.29, 1.82) is 0 Å². The van der Waals surface area contributed by atoms with Crippen LogP contribution in [0.3, 0.4) is 0 Å². The maximum Gasteiger partial charge on any atom is 0.250 e. The summed E-state index contributed by atoms with van der Waals surface area (Å²) in [5.74, 6) is -2.75. The van der Waals surface area contributed by atoms with Gasteiger partial charge in [-0.3, -0.25) is 4.98 Å². The molecule has 1 heterocycles. The number of nitrogens with zero attached hydrogens (tertiary/aromatic N) is 1. The third kappa shape index (κ3) is 7.48. The predicted molar refractivity (Wildman–Crippen MR) is 159 cm³/mol. The second-order valence-electron chi connectivity index (χ2n) is 9.88. The van der Waals surface area contributed by atoms with Crippen LogP contribution in [-0.2, 0) is 6.42 Å². The number of aryl methyl sites for hydroxylation is 1. The first kappa shape index (κ1) is 28.4. The number of hydrogen-bond acceptors (Lipinski definition) is 4. The van der Waals surface area contributed by atoms with E-state index in [0.29, 0.717) is 5.02 Å². The number of fused-ring (bicyclic) bond motifs is 1. The smallest absolute Gasteiger partial charge is 0.250 e. The third-order valence-corrected chi connectivity index (χ3v) is 7.85. The van der Waals surface area contributed by atoms with Crippen LogP contribution in [-0.4, -0.2) is 29.5 Å². The van der Waals surface area contributed by atoms with E-state index in [9.17, 15) is 8.78 Å². The van der Waals surface area contributed by atoms with Gasteiger partial charge in [0.1, 0.15) is 0 Å². The van der Waals surface area contributed by atoms with E-state index in [2.05, 4.69) is 50.0 Å². The quantitative estimate of drug-likeness (QED) is 0.182. The van der Waals surface area contributed by atoms with Crippen LogP contribution in [0.5, 0.6) is 0 Å². The molecule has 4 nitrogen and oxygen atoms in total. The predicted octanol–water partition coefficient (Wildman–Crippen LogP) is 8.33. The highest BCUT2D eigenvalue weighted by Gasteiger charge is 2.29. The van der Waals surface area contributed by atoms with Gasteiger partial charge in [0.05, 0.1) is 0 Å². The van der Waals surface area contributed by atoms with Crippen molar-refractivity contribution in [2.24, 2.45) is 0 Å². The second kappa shape index (κ2) is 12.9. The first-order chi connectivity index (χ1) is 18.3. The van der Waals surface area contributed by atoms with Crippen LogP contribution < -0.4 is 16.0 Å². The molecule has 2 atom stereocenters. The number of rotatable bonds is 12. The molecule has 2 aromatic carbocycles. The Morgan fingerprint density at radius 2 is 1.89 bits per heavy atom. The molecule has 0 bridgehead atoms. The van der Waals surface area contributed by atoms with Crippen LogP contribution in [0.15, 0.2) is 72.6 Å². The Kier molecular flexibility index (Phi) is 9.66. The summed E-state index contributed by atoms with van der Waals surface area (Å²) in [5, 5.41) is 12.8. The number of alkyl halides is 2. The lowest BCUT2D eigenvalue weighted by Gasteiger charge is -2.35. The van der Waals surface area contributed by atoms with Crippen LogP contribution in [0, 0.1) is 0 Å². The molecule has 0 saturated heterocycles. The average molecular weight is 604 g/mol. The number of benzene rings is 2. The van der Waals surface area contributed by atoms with Crippen LogP contribution in [0.4, 0.5) is 14.5 Å². The summed E-state index contributed by atoms with van der Waals surface area (Å²) in [7, 11) is 0. The van der Waals surface area contributed by atoms with Crippen molar-refractivity contribution in [2.45, 2.75) is 63.0 Å². The molecule has 0 amide bonds. The molecule has 1 saturated carbocycles. The van der Waals surface area contributed by atoms with Gasteiger partial charge in [-0.05, 0) is 66.7 Å². The number of halogens is 4. The van der Waals surface area contributed by atoms with E-state index in [0.717, 1.165) is 63.4 Å². The van der Waals surface area contributed by atoms with Crippen LogP contribution in [0.2, 0.25) is 5.02 Å². The normalized spacial score (nSPS) is 17.7. The van der Waals surface area contributed by atoms with E-state index in [4.69, 9.17) is 11.6 Å². The fourth-order valence-electron chi connectivity index (χ4n) is 5.08. The minimum absolute atomic E-state index is 0.134. The molecule has 2 unspecified atom stereocenters. The van der Waals surface area contributed by atoms with Crippen LogP contribution in [0.1, 0.15) is 49.7 Å². The number of pyridine rings is 1. The topological polar surface area (TPSA) is 49.0 Å². The van der Waals surface area contributed by atoms with E-state index in [1.54, 1.807) is 6.20 Å². The first-order valence-corrected chi connectivity index (χ1v) is 14.2. The highest BCUT2D eigenvalue weighted by molar-refractivity contribution is 9.10. The molecular formula is C30H34BrClF2N4. The van der Waals surface area contributed by atoms with Crippen molar-refractivity contribution >= 4 is 49.7 Å². The second-order valence-corrected chi connectivity index (χ2v) is 11.2. The molecule has 3 aromatic rings. The molecule has 1 aliphatic carbocycles. The molecule has 0 aliphatic heterocycles. The lowest BCUT2D eigenvalue weighted by atomic mass is 9.89. The largest absolute Gasteiger partial charge is 0.391 e. The summed E-state index contributed by atoms with van der Waals surface area (Å²) in [6.07, 6.45) is 9.12. The van der Waals surface area contributed by atoms with Gasteiger partial charge in [0.15, 0.2) is 0 Å². The Labute approximate surface area is 237 Å². The Hall–Kier alpha value is -2.64. The molecule has 4 rings (SSSR count). The SMILES string of the molecule is C=CNCCC(F)(F)CCc1cc(Br)ccc1NC1CCCCC1NC(=C)c1cncc2cc(Cl)ccc12. The Morgan fingerprint density at radius 1 is 1.11 bits per heavy atom. The summed E-state index contributed by atoms with van der Waals surface area (Å²) in [4.78, 5) is 4.39. The van der Waals surface area contributed by atoms with Gasteiger partial charge < -0.3 is 16.0 Å². The van der Waals surface area contributed by atoms with Crippen molar-refractivity contribution in [1.82, 2.24) is 15.6 Å². The summed E-state index contributed by atoms with van der Waals surface area (Å²) >= 11 is 9.69. The zero-order valence-electron chi connectivity index (χ0n) is 21.4. The van der Waals surface area contributed by atoms with Crippen molar-refractivity contribution in [3.63, 3.8) is 0 Å². The van der Waals surface area contributed by atoms with Gasteiger partial charge >= 0.3 is 0 Å². The zero-order valence-corrected chi connectivity index (χ0v) is 23.7. The fourth-order valence-corrected chi connectivity index (χ4v) is 5.66. The van der Waals surface area contributed by atoms with Crippen molar-refractivity contribution in [3.8, 4) is 0 Å². The molecule has 1 aromatic heterocycles. The number of aromatic nitrogens is 1. The summed E-state index contributed by atoms with van der Waals surface area (Å²) < 4.78 is 29.8. The fraction of sp³-hybridized carbons (Fsp3) is 0.367. The molecular weight excluding hydrogens is 570 g/mol. The third-order valence-electron chi connectivity index (χ3n) is 7.12. The molecule has 0 radical (unpaired) electrons. The van der Waals surface area contributed by atoms with Crippen LogP contribution in [0.25, 0.3) is 16.5 Å². The lowest BCUT2D eigenvalue weighted by molar-refractivity contribution is -0.0145. The maximum absolute atomic E-state index is 14.5. The van der Waals surface area contributed by atoms with Crippen molar-refractivity contribution in [2.75, 3.05) is 11.9 Å². The highest BCUT2D eigenvalue weighted by atomic mass is 79.9. The molecule has 38 heavy (non-hydrogen) atoms. The summed E-state index contributed by atoms with van der Waals surface area (Å²) in [6.45, 7) is 8.06. The van der Waals surface area contributed by atoms with Crippen molar-refractivity contribution < 1.29 is 8.78 Å². The van der Waals surface area contributed by atoms with Gasteiger partial charge in [0, 0.05) is 75.7 Å². The Balaban J connectivity index is 1.47. The van der Waals surface area contributed by atoms with Gasteiger partial charge in [-0.15, -0.1) is 0 Å². The Morgan fingerprint density at radius 3 is 2.68 bits per heavy atom. The highest BCUT2D eigenvalue weighted by Crippen LogP contribution is 2.32. The van der Waals surface area contributed by atoms with E-state index < -0.39 is 5.92 Å². The van der Waals surface area contributed by atoms with E-state index in [-0.39, 0.29) is 37.9 Å². The maximum atomic E-state index is 14.5. The minimum Gasteiger partial charge on any atom is -0.391 e. The van der Waals surface area contributed by atoms with Gasteiger partial charge in [-0.1, -0.05) is 59.6 Å². The first-order valence-electron chi connectivity index (χ1n) is 13.0.